The average molecular weight is 290 g/mol. The molecule has 15 heavy (non-hydrogen) atoms. The van der Waals surface area contributed by atoms with E-state index in [2.05, 4.69) is 25.8 Å². The minimum absolute atomic E-state index is 0.681. The molecule has 1 aliphatic heterocycles. The van der Waals surface area contributed by atoms with Gasteiger partial charge in [0, 0.05) is 19.3 Å². The Hall–Kier alpha value is -0.280. The van der Waals surface area contributed by atoms with E-state index in [9.17, 15) is 0 Å². The number of hydrogen-bond acceptors (Lipinski definition) is 2. The van der Waals surface area contributed by atoms with Gasteiger partial charge in [-0.25, -0.2) is 4.98 Å². The molecule has 2 heterocycles. The highest BCUT2D eigenvalue weighted by atomic mass is 79.9. The molecule has 1 aromatic heterocycles. The molecule has 0 radical (unpaired) electrons. The van der Waals surface area contributed by atoms with Gasteiger partial charge in [-0.2, -0.15) is 0 Å². The fourth-order valence-electron chi connectivity index (χ4n) is 1.92. The zero-order valence-corrected chi connectivity index (χ0v) is 10.9. The zero-order chi connectivity index (χ0) is 10.7. The Morgan fingerprint density at radius 3 is 2.47 bits per heavy atom. The van der Waals surface area contributed by atoms with Crippen molar-refractivity contribution < 1.29 is 0 Å². The summed E-state index contributed by atoms with van der Waals surface area (Å²) in [6.07, 6.45) is 6.91. The molecule has 0 spiro atoms. The first-order valence-electron chi connectivity index (χ1n) is 5.33. The number of hydrogen-bond donors (Lipinski definition) is 0. The molecule has 0 amide bonds. The summed E-state index contributed by atoms with van der Waals surface area (Å²) in [5, 5.41) is 0.681. The molecule has 1 aliphatic rings. The minimum Gasteiger partial charge on any atom is -0.356 e. The monoisotopic (exact) mass is 288 g/mol. The van der Waals surface area contributed by atoms with Gasteiger partial charge in [0.15, 0.2) is 0 Å². The third-order valence-corrected chi connectivity index (χ3v) is 3.48. The second kappa shape index (κ2) is 5.17. The van der Waals surface area contributed by atoms with E-state index < -0.39 is 0 Å². The molecule has 0 saturated carbocycles. The highest BCUT2D eigenvalue weighted by Crippen LogP contribution is 2.28. The number of rotatable bonds is 1. The standard InChI is InChI=1S/C11H14BrClN2/c12-10-7-9(13)8-14-11(10)15-5-3-1-2-4-6-15/h7-8H,1-6H2. The van der Waals surface area contributed by atoms with Crippen LogP contribution in [0.5, 0.6) is 0 Å². The van der Waals surface area contributed by atoms with E-state index in [1.54, 1.807) is 6.20 Å². The van der Waals surface area contributed by atoms with E-state index in [4.69, 9.17) is 11.6 Å². The van der Waals surface area contributed by atoms with E-state index in [0.717, 1.165) is 23.4 Å². The third kappa shape index (κ3) is 2.85. The van der Waals surface area contributed by atoms with Crippen molar-refractivity contribution in [3.63, 3.8) is 0 Å². The van der Waals surface area contributed by atoms with Crippen LogP contribution < -0.4 is 4.90 Å². The predicted molar refractivity (Wildman–Crippen MR) is 67.6 cm³/mol. The molecule has 0 N–H and O–H groups in total. The first kappa shape index (κ1) is 11.2. The van der Waals surface area contributed by atoms with Crippen molar-refractivity contribution in [1.82, 2.24) is 4.98 Å². The second-order valence-electron chi connectivity index (χ2n) is 3.86. The molecule has 2 nitrogen and oxygen atoms in total. The van der Waals surface area contributed by atoms with Crippen molar-refractivity contribution >= 4 is 33.3 Å². The van der Waals surface area contributed by atoms with Crippen LogP contribution >= 0.6 is 27.5 Å². The number of pyridine rings is 1. The maximum absolute atomic E-state index is 5.88. The Morgan fingerprint density at radius 2 is 1.87 bits per heavy atom. The van der Waals surface area contributed by atoms with E-state index >= 15 is 0 Å². The molecule has 0 bridgehead atoms. The van der Waals surface area contributed by atoms with Gasteiger partial charge in [-0.3, -0.25) is 0 Å². The summed E-state index contributed by atoms with van der Waals surface area (Å²) in [7, 11) is 0. The van der Waals surface area contributed by atoms with Gasteiger partial charge in [-0.15, -0.1) is 0 Å². The Balaban J connectivity index is 2.19. The molecule has 1 saturated heterocycles. The molecule has 2 rings (SSSR count). The molecular weight excluding hydrogens is 275 g/mol. The molecule has 4 heteroatoms. The molecule has 82 valence electrons. The van der Waals surface area contributed by atoms with Crippen LogP contribution in [0.2, 0.25) is 5.02 Å². The van der Waals surface area contributed by atoms with Crippen LogP contribution in [-0.4, -0.2) is 18.1 Å². The normalized spacial score (nSPS) is 17.6. The average Bonchev–Trinajstić information content (AvgIpc) is 2.46. The third-order valence-electron chi connectivity index (χ3n) is 2.69. The maximum atomic E-state index is 5.88. The van der Waals surface area contributed by atoms with Crippen molar-refractivity contribution in [2.75, 3.05) is 18.0 Å². The van der Waals surface area contributed by atoms with E-state index in [0.29, 0.717) is 5.02 Å². The largest absolute Gasteiger partial charge is 0.356 e. The summed E-state index contributed by atoms with van der Waals surface area (Å²) in [5.41, 5.74) is 0. The van der Waals surface area contributed by atoms with E-state index in [1.165, 1.54) is 25.7 Å². The van der Waals surface area contributed by atoms with Crippen molar-refractivity contribution in [2.45, 2.75) is 25.7 Å². The summed E-state index contributed by atoms with van der Waals surface area (Å²) >= 11 is 9.40. The molecule has 1 aromatic rings. The van der Waals surface area contributed by atoms with Gasteiger partial charge >= 0.3 is 0 Å². The number of anilines is 1. The molecule has 0 aliphatic carbocycles. The lowest BCUT2D eigenvalue weighted by Crippen LogP contribution is -2.25. The van der Waals surface area contributed by atoms with Gasteiger partial charge in [0.25, 0.3) is 0 Å². The highest BCUT2D eigenvalue weighted by molar-refractivity contribution is 9.10. The molecule has 1 fully saturated rings. The Kier molecular flexibility index (Phi) is 3.87. The first-order chi connectivity index (χ1) is 7.27. The molecular formula is C11H14BrClN2. The number of halogens is 2. The summed E-state index contributed by atoms with van der Waals surface area (Å²) in [6.45, 7) is 2.21. The van der Waals surface area contributed by atoms with Gasteiger partial charge in [0.2, 0.25) is 0 Å². The zero-order valence-electron chi connectivity index (χ0n) is 8.55. The minimum atomic E-state index is 0.681. The summed E-state index contributed by atoms with van der Waals surface area (Å²) in [5.74, 6) is 1.03. The van der Waals surface area contributed by atoms with Gasteiger partial charge in [-0.1, -0.05) is 24.4 Å². The van der Waals surface area contributed by atoms with Crippen LogP contribution in [0.25, 0.3) is 0 Å². The summed E-state index contributed by atoms with van der Waals surface area (Å²) in [6, 6.07) is 1.91. The van der Waals surface area contributed by atoms with Gasteiger partial charge < -0.3 is 4.90 Å². The number of nitrogens with zero attached hydrogens (tertiary/aromatic N) is 2. The summed E-state index contributed by atoms with van der Waals surface area (Å²) < 4.78 is 0.997. The topological polar surface area (TPSA) is 16.1 Å². The van der Waals surface area contributed by atoms with E-state index in [1.807, 2.05) is 6.07 Å². The molecule has 0 atom stereocenters. The second-order valence-corrected chi connectivity index (χ2v) is 5.15. The molecule has 0 aromatic carbocycles. The van der Waals surface area contributed by atoms with Crippen LogP contribution in [0.3, 0.4) is 0 Å². The van der Waals surface area contributed by atoms with Gasteiger partial charge in [-0.05, 0) is 34.8 Å². The van der Waals surface area contributed by atoms with Crippen molar-refractivity contribution in [2.24, 2.45) is 0 Å². The SMILES string of the molecule is Clc1cnc(N2CCCCCC2)c(Br)c1. The lowest BCUT2D eigenvalue weighted by atomic mass is 10.2. The van der Waals surface area contributed by atoms with Crippen LogP contribution in [0, 0.1) is 0 Å². The first-order valence-corrected chi connectivity index (χ1v) is 6.50. The van der Waals surface area contributed by atoms with Gasteiger partial charge in [0.1, 0.15) is 5.82 Å². The predicted octanol–water partition coefficient (Wildman–Crippen LogP) is 3.88. The van der Waals surface area contributed by atoms with Crippen LogP contribution in [0.1, 0.15) is 25.7 Å². The van der Waals surface area contributed by atoms with Crippen LogP contribution in [0.4, 0.5) is 5.82 Å². The fourth-order valence-corrected chi connectivity index (χ4v) is 2.81. The smallest absolute Gasteiger partial charge is 0.142 e. The fraction of sp³-hybridized carbons (Fsp3) is 0.545. The van der Waals surface area contributed by atoms with Crippen LogP contribution in [0.15, 0.2) is 16.7 Å². The Labute approximate surface area is 104 Å². The van der Waals surface area contributed by atoms with Crippen molar-refractivity contribution in [1.29, 1.82) is 0 Å². The quantitative estimate of drug-likeness (QED) is 0.780. The Bertz CT molecular complexity index is 335. The molecule has 0 unspecified atom stereocenters. The number of aromatic nitrogens is 1. The van der Waals surface area contributed by atoms with Crippen LogP contribution in [-0.2, 0) is 0 Å². The van der Waals surface area contributed by atoms with E-state index in [-0.39, 0.29) is 0 Å². The lowest BCUT2D eigenvalue weighted by Gasteiger charge is -2.22. The van der Waals surface area contributed by atoms with Crippen molar-refractivity contribution in [3.8, 4) is 0 Å². The summed E-state index contributed by atoms with van der Waals surface area (Å²) in [4.78, 5) is 6.73. The highest BCUT2D eigenvalue weighted by Gasteiger charge is 2.13. The maximum Gasteiger partial charge on any atom is 0.142 e. The lowest BCUT2D eigenvalue weighted by molar-refractivity contribution is 0.726. The van der Waals surface area contributed by atoms with Crippen molar-refractivity contribution in [3.05, 3.63) is 21.8 Å². The Morgan fingerprint density at radius 1 is 1.20 bits per heavy atom. The van der Waals surface area contributed by atoms with Gasteiger partial charge in [0.05, 0.1) is 9.50 Å².